The monoisotopic (exact) mass is 502 g/mol. The number of benzene rings is 2. The fourth-order valence-electron chi connectivity index (χ4n) is 4.54. The van der Waals surface area contributed by atoms with Crippen molar-refractivity contribution in [3.05, 3.63) is 65.5 Å². The number of rotatable bonds is 5. The molecule has 184 valence electrons. The van der Waals surface area contributed by atoms with Crippen LogP contribution in [0.2, 0.25) is 0 Å². The number of carbonyl (C=O) groups is 1. The first-order valence-electron chi connectivity index (χ1n) is 11.5. The van der Waals surface area contributed by atoms with Crippen molar-refractivity contribution in [2.75, 3.05) is 26.2 Å². The Morgan fingerprint density at radius 3 is 2.31 bits per heavy atom. The van der Waals surface area contributed by atoms with Crippen LogP contribution < -0.4 is 0 Å². The number of piperidine rings is 1. The molecule has 0 bridgehead atoms. The van der Waals surface area contributed by atoms with Gasteiger partial charge >= 0.3 is 0 Å². The zero-order valence-corrected chi connectivity index (χ0v) is 19.7. The third-order valence-electron chi connectivity index (χ3n) is 6.55. The van der Waals surface area contributed by atoms with Gasteiger partial charge in [-0.15, -0.1) is 0 Å². The standard InChI is InChI=1S/C24H24F2N4O4S/c25-18-5-8-20(21(26)15-18)24(31)29-13-9-16(10-14-29)22-27-23(34-28-22)17-3-6-19(7-4-17)35(32,33)30-11-1-2-12-30/h3-8,15-16H,1-2,9-14H2. The molecule has 2 fully saturated rings. The van der Waals surface area contributed by atoms with Gasteiger partial charge in [-0.2, -0.15) is 9.29 Å². The third kappa shape index (κ3) is 4.70. The number of halogens is 2. The van der Waals surface area contributed by atoms with E-state index < -0.39 is 27.6 Å². The van der Waals surface area contributed by atoms with Crippen molar-refractivity contribution in [3.63, 3.8) is 0 Å². The van der Waals surface area contributed by atoms with Crippen LogP contribution in [-0.2, 0) is 10.0 Å². The smallest absolute Gasteiger partial charge is 0.257 e. The largest absolute Gasteiger partial charge is 0.339 e. The van der Waals surface area contributed by atoms with Gasteiger partial charge in [0.15, 0.2) is 5.82 Å². The molecule has 5 rings (SSSR count). The predicted molar refractivity (Wildman–Crippen MR) is 122 cm³/mol. The first kappa shape index (κ1) is 23.6. The van der Waals surface area contributed by atoms with Gasteiger partial charge in [0, 0.05) is 43.7 Å². The van der Waals surface area contributed by atoms with E-state index in [2.05, 4.69) is 10.1 Å². The number of sulfonamides is 1. The average molecular weight is 503 g/mol. The molecule has 3 aromatic rings. The molecular formula is C24H24F2N4O4S. The minimum Gasteiger partial charge on any atom is -0.339 e. The minimum atomic E-state index is -3.49. The molecule has 3 heterocycles. The summed E-state index contributed by atoms with van der Waals surface area (Å²) in [5.41, 5.74) is 0.463. The summed E-state index contributed by atoms with van der Waals surface area (Å²) in [6.45, 7) is 1.85. The maximum Gasteiger partial charge on any atom is 0.257 e. The van der Waals surface area contributed by atoms with Gasteiger partial charge in [-0.05, 0) is 62.1 Å². The summed E-state index contributed by atoms with van der Waals surface area (Å²) in [6, 6.07) is 9.33. The maximum atomic E-state index is 14.0. The SMILES string of the molecule is O=C(c1ccc(F)cc1F)N1CCC(c2noc(-c3ccc(S(=O)(=O)N4CCCC4)cc3)n2)CC1. The Balaban J connectivity index is 1.23. The Morgan fingerprint density at radius 2 is 1.66 bits per heavy atom. The highest BCUT2D eigenvalue weighted by atomic mass is 32.2. The van der Waals surface area contributed by atoms with Gasteiger partial charge in [0.2, 0.25) is 10.0 Å². The van der Waals surface area contributed by atoms with Crippen LogP contribution in [0, 0.1) is 11.6 Å². The second-order valence-electron chi connectivity index (χ2n) is 8.78. The Hall–Kier alpha value is -3.18. The molecule has 1 aromatic heterocycles. The number of aromatic nitrogens is 2. The number of hydrogen-bond donors (Lipinski definition) is 0. The number of likely N-dealkylation sites (tertiary alicyclic amines) is 1. The Morgan fingerprint density at radius 1 is 0.971 bits per heavy atom. The van der Waals surface area contributed by atoms with E-state index in [4.69, 9.17) is 4.52 Å². The second kappa shape index (κ2) is 9.46. The summed E-state index contributed by atoms with van der Waals surface area (Å²) >= 11 is 0. The van der Waals surface area contributed by atoms with Gasteiger partial charge < -0.3 is 9.42 Å². The molecule has 0 radical (unpaired) electrons. The third-order valence-corrected chi connectivity index (χ3v) is 8.47. The number of amides is 1. The van der Waals surface area contributed by atoms with Crippen molar-refractivity contribution in [1.29, 1.82) is 0 Å². The molecule has 0 spiro atoms. The van der Waals surface area contributed by atoms with Crippen molar-refractivity contribution < 1.29 is 26.5 Å². The van der Waals surface area contributed by atoms with Crippen LogP contribution in [0.3, 0.4) is 0 Å². The minimum absolute atomic E-state index is 0.0376. The van der Waals surface area contributed by atoms with E-state index in [1.807, 2.05) is 0 Å². The summed E-state index contributed by atoms with van der Waals surface area (Å²) in [4.78, 5) is 18.9. The molecule has 0 atom stereocenters. The van der Waals surface area contributed by atoms with E-state index in [-0.39, 0.29) is 22.3 Å². The first-order valence-corrected chi connectivity index (χ1v) is 13.0. The molecule has 2 aromatic carbocycles. The van der Waals surface area contributed by atoms with E-state index >= 15 is 0 Å². The van der Waals surface area contributed by atoms with Crippen LogP contribution in [0.15, 0.2) is 51.9 Å². The highest BCUT2D eigenvalue weighted by molar-refractivity contribution is 7.89. The van der Waals surface area contributed by atoms with Crippen LogP contribution in [0.1, 0.15) is 47.8 Å². The molecule has 0 N–H and O–H groups in total. The summed E-state index contributed by atoms with van der Waals surface area (Å²) in [7, 11) is -3.49. The lowest BCUT2D eigenvalue weighted by atomic mass is 9.95. The molecule has 2 aliphatic rings. The number of carbonyl (C=O) groups excluding carboxylic acids is 1. The maximum absolute atomic E-state index is 14.0. The lowest BCUT2D eigenvalue weighted by Crippen LogP contribution is -2.38. The molecule has 0 unspecified atom stereocenters. The van der Waals surface area contributed by atoms with Crippen LogP contribution in [0.5, 0.6) is 0 Å². The fraction of sp³-hybridized carbons (Fsp3) is 0.375. The quantitative estimate of drug-likeness (QED) is 0.526. The van der Waals surface area contributed by atoms with Crippen LogP contribution in [-0.4, -0.2) is 59.8 Å². The summed E-state index contributed by atoms with van der Waals surface area (Å²) in [5.74, 6) is -1.32. The van der Waals surface area contributed by atoms with Crippen molar-refractivity contribution >= 4 is 15.9 Å². The number of nitrogens with zero attached hydrogens (tertiary/aromatic N) is 4. The zero-order chi connectivity index (χ0) is 24.6. The Bertz CT molecular complexity index is 1330. The van der Waals surface area contributed by atoms with Gasteiger partial charge in [-0.3, -0.25) is 4.79 Å². The van der Waals surface area contributed by atoms with E-state index in [9.17, 15) is 22.0 Å². The van der Waals surface area contributed by atoms with E-state index in [1.54, 1.807) is 24.3 Å². The van der Waals surface area contributed by atoms with Gasteiger partial charge in [-0.1, -0.05) is 5.16 Å². The summed E-state index contributed by atoms with van der Waals surface area (Å²) in [6.07, 6.45) is 2.89. The molecule has 35 heavy (non-hydrogen) atoms. The van der Waals surface area contributed by atoms with Crippen LogP contribution in [0.4, 0.5) is 8.78 Å². The van der Waals surface area contributed by atoms with Crippen molar-refractivity contribution in [2.24, 2.45) is 0 Å². The van der Waals surface area contributed by atoms with E-state index in [0.29, 0.717) is 56.5 Å². The van der Waals surface area contributed by atoms with Gasteiger partial charge in [0.25, 0.3) is 11.8 Å². The second-order valence-corrected chi connectivity index (χ2v) is 10.7. The Kier molecular flexibility index (Phi) is 6.37. The highest BCUT2D eigenvalue weighted by Gasteiger charge is 2.30. The fourth-order valence-corrected chi connectivity index (χ4v) is 6.06. The molecule has 2 saturated heterocycles. The van der Waals surface area contributed by atoms with Crippen molar-refractivity contribution in [1.82, 2.24) is 19.3 Å². The van der Waals surface area contributed by atoms with E-state index in [1.165, 1.54) is 9.21 Å². The van der Waals surface area contributed by atoms with Gasteiger partial charge in [0.1, 0.15) is 11.6 Å². The average Bonchev–Trinajstić information content (AvgIpc) is 3.57. The normalized spacial score (nSPS) is 17.7. The molecule has 11 heteroatoms. The predicted octanol–water partition coefficient (Wildman–Crippen LogP) is 3.82. The Labute approximate surface area is 201 Å². The molecule has 8 nitrogen and oxygen atoms in total. The zero-order valence-electron chi connectivity index (χ0n) is 18.9. The first-order chi connectivity index (χ1) is 16.8. The summed E-state index contributed by atoms with van der Waals surface area (Å²) in [5, 5.41) is 4.08. The van der Waals surface area contributed by atoms with Crippen molar-refractivity contribution in [3.8, 4) is 11.5 Å². The lowest BCUT2D eigenvalue weighted by molar-refractivity contribution is 0.0705. The molecule has 2 aliphatic heterocycles. The summed E-state index contributed by atoms with van der Waals surface area (Å²) < 4.78 is 59.4. The van der Waals surface area contributed by atoms with Crippen molar-refractivity contribution in [2.45, 2.75) is 36.5 Å². The van der Waals surface area contributed by atoms with Crippen LogP contribution in [0.25, 0.3) is 11.5 Å². The molecule has 1 amide bonds. The van der Waals surface area contributed by atoms with Crippen LogP contribution >= 0.6 is 0 Å². The molecular weight excluding hydrogens is 478 g/mol. The van der Waals surface area contributed by atoms with Gasteiger partial charge in [0.05, 0.1) is 10.5 Å². The molecule has 0 saturated carbocycles. The number of hydrogen-bond acceptors (Lipinski definition) is 6. The topological polar surface area (TPSA) is 96.6 Å². The molecule has 0 aliphatic carbocycles. The highest BCUT2D eigenvalue weighted by Crippen LogP contribution is 2.30. The van der Waals surface area contributed by atoms with Gasteiger partial charge in [-0.25, -0.2) is 17.2 Å². The lowest BCUT2D eigenvalue weighted by Gasteiger charge is -2.30. The van der Waals surface area contributed by atoms with E-state index in [0.717, 1.165) is 25.0 Å².